The second kappa shape index (κ2) is 7.58. The molecule has 0 aliphatic heterocycles. The van der Waals surface area contributed by atoms with E-state index in [1.807, 2.05) is 20.0 Å². The molecule has 0 fully saturated rings. The molecule has 134 valence electrons. The molecule has 7 heteroatoms. The van der Waals surface area contributed by atoms with E-state index in [1.165, 1.54) is 12.1 Å². The van der Waals surface area contributed by atoms with Gasteiger partial charge in [-0.05, 0) is 42.3 Å². The number of anilines is 1. The summed E-state index contributed by atoms with van der Waals surface area (Å²) in [5.74, 6) is 0.291. The van der Waals surface area contributed by atoms with E-state index in [9.17, 15) is 9.18 Å². The second-order valence-corrected chi connectivity index (χ2v) is 6.35. The Morgan fingerprint density at radius 1 is 1.23 bits per heavy atom. The van der Waals surface area contributed by atoms with Crippen molar-refractivity contribution < 1.29 is 9.18 Å². The molecule has 1 aromatic heterocycles. The number of aryl methyl sites for hydroxylation is 2. The lowest BCUT2D eigenvalue weighted by molar-refractivity contribution is 0.249. The Kier molecular flexibility index (Phi) is 5.23. The Hall–Kier alpha value is -2.86. The summed E-state index contributed by atoms with van der Waals surface area (Å²) in [6.07, 6.45) is 3.43. The first kappa shape index (κ1) is 17.9. The van der Waals surface area contributed by atoms with Gasteiger partial charge >= 0.3 is 6.03 Å². The summed E-state index contributed by atoms with van der Waals surface area (Å²) >= 11 is 6.10. The number of benzene rings is 2. The van der Waals surface area contributed by atoms with Crippen molar-refractivity contribution in [3.05, 3.63) is 82.6 Å². The number of halogens is 2. The van der Waals surface area contributed by atoms with E-state index in [2.05, 4.69) is 15.6 Å². The lowest BCUT2D eigenvalue weighted by Crippen LogP contribution is -2.34. The molecule has 3 aromatic rings. The van der Waals surface area contributed by atoms with Gasteiger partial charge in [0.15, 0.2) is 0 Å². The Labute approximate surface area is 155 Å². The van der Waals surface area contributed by atoms with Crippen LogP contribution in [-0.2, 0) is 7.05 Å². The molecule has 2 amide bonds. The number of rotatable bonds is 4. The van der Waals surface area contributed by atoms with E-state index in [0.29, 0.717) is 16.5 Å². The molecule has 0 saturated heterocycles. The summed E-state index contributed by atoms with van der Waals surface area (Å²) < 4.78 is 15.1. The fraction of sp³-hybridized carbons (Fsp3) is 0.158. The van der Waals surface area contributed by atoms with E-state index < -0.39 is 12.1 Å². The van der Waals surface area contributed by atoms with Crippen LogP contribution in [0.4, 0.5) is 14.9 Å². The first-order valence-electron chi connectivity index (χ1n) is 8.00. The second-order valence-electron chi connectivity index (χ2n) is 5.94. The number of carbonyl (C=O) groups excluding carboxylic acids is 1. The van der Waals surface area contributed by atoms with Crippen LogP contribution in [0.2, 0.25) is 5.02 Å². The Bertz CT molecular complexity index is 924. The third-order valence-corrected chi connectivity index (χ3v) is 4.43. The Morgan fingerprint density at radius 2 is 1.96 bits per heavy atom. The monoisotopic (exact) mass is 372 g/mol. The zero-order chi connectivity index (χ0) is 18.7. The van der Waals surface area contributed by atoms with Crippen molar-refractivity contribution >= 4 is 23.3 Å². The highest BCUT2D eigenvalue weighted by Gasteiger charge is 2.21. The minimum atomic E-state index is -0.531. The first-order chi connectivity index (χ1) is 12.4. The number of imidazole rings is 1. The molecule has 0 saturated carbocycles. The molecular weight excluding hydrogens is 355 g/mol. The fourth-order valence-corrected chi connectivity index (χ4v) is 2.76. The number of carbonyl (C=O) groups is 1. The topological polar surface area (TPSA) is 59.0 Å². The van der Waals surface area contributed by atoms with Crippen LogP contribution in [0.15, 0.2) is 54.9 Å². The minimum absolute atomic E-state index is 0.342. The van der Waals surface area contributed by atoms with Crippen molar-refractivity contribution in [1.29, 1.82) is 0 Å². The van der Waals surface area contributed by atoms with Gasteiger partial charge in [0.2, 0.25) is 0 Å². The molecule has 2 N–H and O–H groups in total. The number of hydrogen-bond acceptors (Lipinski definition) is 2. The molecule has 0 radical (unpaired) electrons. The number of nitrogens with zero attached hydrogens (tertiary/aromatic N) is 2. The third kappa shape index (κ3) is 4.03. The first-order valence-corrected chi connectivity index (χ1v) is 8.38. The molecule has 0 aliphatic carbocycles. The van der Waals surface area contributed by atoms with Gasteiger partial charge in [-0.15, -0.1) is 0 Å². The van der Waals surface area contributed by atoms with Crippen LogP contribution in [0.5, 0.6) is 0 Å². The highest BCUT2D eigenvalue weighted by molar-refractivity contribution is 6.31. The van der Waals surface area contributed by atoms with Crippen LogP contribution in [-0.4, -0.2) is 15.6 Å². The van der Waals surface area contributed by atoms with Crippen LogP contribution in [0.25, 0.3) is 0 Å². The average Bonchev–Trinajstić information content (AvgIpc) is 3.03. The predicted octanol–water partition coefficient (Wildman–Crippen LogP) is 4.43. The number of nitrogens with one attached hydrogen (secondary N) is 2. The average molecular weight is 373 g/mol. The van der Waals surface area contributed by atoms with E-state index in [-0.39, 0.29) is 5.82 Å². The van der Waals surface area contributed by atoms with Gasteiger partial charge in [0.05, 0.1) is 0 Å². The molecule has 26 heavy (non-hydrogen) atoms. The summed E-state index contributed by atoms with van der Waals surface area (Å²) in [6.45, 7) is 1.89. The maximum atomic E-state index is 13.3. The number of aromatic nitrogens is 2. The Balaban J connectivity index is 1.83. The summed E-state index contributed by atoms with van der Waals surface area (Å²) in [7, 11) is 1.83. The summed E-state index contributed by atoms with van der Waals surface area (Å²) in [5.41, 5.74) is 2.23. The van der Waals surface area contributed by atoms with E-state index in [1.54, 1.807) is 41.2 Å². The van der Waals surface area contributed by atoms with Crippen LogP contribution < -0.4 is 10.6 Å². The van der Waals surface area contributed by atoms with Gasteiger partial charge in [-0.2, -0.15) is 0 Å². The molecule has 0 spiro atoms. The lowest BCUT2D eigenvalue weighted by atomic mass is 10.1. The molecule has 0 aliphatic rings. The Morgan fingerprint density at radius 3 is 2.58 bits per heavy atom. The standard InChI is InChI=1S/C19H18ClFN4O/c1-12-3-8-15(11-16(12)20)23-19(26)24-17(18-22-9-10-25(18)2)13-4-6-14(21)7-5-13/h3-11,17H,1-2H3,(H2,23,24,26). The van der Waals surface area contributed by atoms with Crippen molar-refractivity contribution in [2.24, 2.45) is 7.05 Å². The summed E-state index contributed by atoms with van der Waals surface area (Å²) in [4.78, 5) is 16.8. The SMILES string of the molecule is Cc1ccc(NC(=O)NC(c2ccc(F)cc2)c2nccn2C)cc1Cl. The number of hydrogen-bond donors (Lipinski definition) is 2. The van der Waals surface area contributed by atoms with Crippen molar-refractivity contribution in [1.82, 2.24) is 14.9 Å². The number of urea groups is 1. The van der Waals surface area contributed by atoms with Gasteiger partial charge in [-0.25, -0.2) is 14.2 Å². The predicted molar refractivity (Wildman–Crippen MR) is 99.8 cm³/mol. The molecule has 5 nitrogen and oxygen atoms in total. The maximum Gasteiger partial charge on any atom is 0.320 e. The van der Waals surface area contributed by atoms with Gasteiger partial charge in [0, 0.05) is 30.2 Å². The smallest absolute Gasteiger partial charge is 0.320 e. The molecule has 1 unspecified atom stereocenters. The van der Waals surface area contributed by atoms with Crippen LogP contribution in [0.1, 0.15) is 23.0 Å². The molecule has 0 bridgehead atoms. The summed E-state index contributed by atoms with van der Waals surface area (Å²) in [6, 6.07) is 10.3. The molecule has 2 aromatic carbocycles. The fourth-order valence-electron chi connectivity index (χ4n) is 2.58. The van der Waals surface area contributed by atoms with Crippen LogP contribution >= 0.6 is 11.6 Å². The van der Waals surface area contributed by atoms with Crippen molar-refractivity contribution in [3.8, 4) is 0 Å². The zero-order valence-electron chi connectivity index (χ0n) is 14.3. The van der Waals surface area contributed by atoms with Crippen LogP contribution in [0.3, 0.4) is 0 Å². The van der Waals surface area contributed by atoms with Crippen molar-refractivity contribution in [2.75, 3.05) is 5.32 Å². The van der Waals surface area contributed by atoms with E-state index in [4.69, 9.17) is 11.6 Å². The highest BCUT2D eigenvalue weighted by Crippen LogP contribution is 2.22. The minimum Gasteiger partial charge on any atom is -0.336 e. The number of amides is 2. The van der Waals surface area contributed by atoms with Gasteiger partial charge in [-0.1, -0.05) is 29.8 Å². The van der Waals surface area contributed by atoms with E-state index >= 15 is 0 Å². The van der Waals surface area contributed by atoms with Gasteiger partial charge in [0.25, 0.3) is 0 Å². The van der Waals surface area contributed by atoms with Crippen molar-refractivity contribution in [3.63, 3.8) is 0 Å². The molecule has 1 atom stereocenters. The quantitative estimate of drug-likeness (QED) is 0.711. The molecule has 1 heterocycles. The van der Waals surface area contributed by atoms with Gasteiger partial charge < -0.3 is 15.2 Å². The third-order valence-electron chi connectivity index (χ3n) is 4.03. The van der Waals surface area contributed by atoms with Gasteiger partial charge in [0.1, 0.15) is 17.7 Å². The lowest BCUT2D eigenvalue weighted by Gasteiger charge is -2.19. The highest BCUT2D eigenvalue weighted by atomic mass is 35.5. The van der Waals surface area contributed by atoms with Crippen molar-refractivity contribution in [2.45, 2.75) is 13.0 Å². The van der Waals surface area contributed by atoms with Gasteiger partial charge in [-0.3, -0.25) is 0 Å². The summed E-state index contributed by atoms with van der Waals surface area (Å²) in [5, 5.41) is 6.21. The zero-order valence-corrected chi connectivity index (χ0v) is 15.1. The maximum absolute atomic E-state index is 13.3. The molecule has 3 rings (SSSR count). The normalized spacial score (nSPS) is 11.8. The van der Waals surface area contributed by atoms with E-state index in [0.717, 1.165) is 11.1 Å². The largest absolute Gasteiger partial charge is 0.336 e. The van der Waals surface area contributed by atoms with Crippen LogP contribution in [0, 0.1) is 12.7 Å². The molecular formula is C19H18ClFN4O.